The molecule has 0 saturated heterocycles. The lowest BCUT2D eigenvalue weighted by Crippen LogP contribution is -2.22. The molecule has 0 aliphatic heterocycles. The highest BCUT2D eigenvalue weighted by Crippen LogP contribution is 2.28. The number of carboxylic acid groups (broad SMARTS) is 2. The van der Waals surface area contributed by atoms with E-state index >= 15 is 0 Å². The van der Waals surface area contributed by atoms with Crippen molar-refractivity contribution in [2.75, 3.05) is 20.7 Å². The number of hydrogen-bond acceptors (Lipinski definition) is 4. The standard InChI is InChI=1S/C22H25NO.C2H2O4/c1-17-9-4-6-12-19(17)21(23(2)3)15-16-24-22-14-8-11-18-10-5-7-13-20(18)22;3-1(4)2(5)6/h4-14,21H,15-16H2,1-3H3;(H,3,4)(H,5,6). The molecule has 0 aromatic heterocycles. The van der Waals surface area contributed by atoms with Gasteiger partial charge in [-0.15, -0.1) is 0 Å². The first-order chi connectivity index (χ1) is 14.3. The molecule has 0 saturated carbocycles. The van der Waals surface area contributed by atoms with Crippen molar-refractivity contribution >= 4 is 22.7 Å². The van der Waals surface area contributed by atoms with Crippen molar-refractivity contribution in [3.05, 3.63) is 77.9 Å². The van der Waals surface area contributed by atoms with Crippen molar-refractivity contribution in [2.24, 2.45) is 0 Å². The zero-order valence-corrected chi connectivity index (χ0v) is 17.4. The predicted molar refractivity (Wildman–Crippen MR) is 117 cm³/mol. The Hall–Kier alpha value is -3.38. The minimum atomic E-state index is -1.82. The van der Waals surface area contributed by atoms with Crippen LogP contribution in [0.15, 0.2) is 66.7 Å². The van der Waals surface area contributed by atoms with Crippen molar-refractivity contribution in [1.29, 1.82) is 0 Å². The zero-order chi connectivity index (χ0) is 22.1. The molecular weight excluding hydrogens is 382 g/mol. The molecule has 3 aromatic rings. The van der Waals surface area contributed by atoms with Crippen LogP contribution in [0.25, 0.3) is 10.8 Å². The third-order valence-corrected chi connectivity index (χ3v) is 4.75. The molecule has 0 heterocycles. The van der Waals surface area contributed by atoms with Gasteiger partial charge in [-0.25, -0.2) is 9.59 Å². The molecule has 3 rings (SSSR count). The van der Waals surface area contributed by atoms with Gasteiger partial charge in [0.2, 0.25) is 0 Å². The maximum atomic E-state index is 9.10. The molecule has 0 spiro atoms. The molecule has 6 nitrogen and oxygen atoms in total. The topological polar surface area (TPSA) is 87.1 Å². The van der Waals surface area contributed by atoms with Crippen LogP contribution in [0.1, 0.15) is 23.6 Å². The minimum absolute atomic E-state index is 0.362. The molecule has 1 unspecified atom stereocenters. The van der Waals surface area contributed by atoms with Gasteiger partial charge in [0.15, 0.2) is 0 Å². The Morgan fingerprint density at radius 3 is 2.13 bits per heavy atom. The average Bonchev–Trinajstić information content (AvgIpc) is 2.72. The summed E-state index contributed by atoms with van der Waals surface area (Å²) < 4.78 is 6.13. The molecule has 0 aliphatic carbocycles. The number of nitrogens with zero attached hydrogens (tertiary/aromatic N) is 1. The number of carboxylic acids is 2. The highest BCUT2D eigenvalue weighted by Gasteiger charge is 2.16. The van der Waals surface area contributed by atoms with Crippen LogP contribution < -0.4 is 4.74 Å². The van der Waals surface area contributed by atoms with Crippen molar-refractivity contribution in [1.82, 2.24) is 4.90 Å². The fraction of sp³-hybridized carbons (Fsp3) is 0.250. The lowest BCUT2D eigenvalue weighted by molar-refractivity contribution is -0.159. The van der Waals surface area contributed by atoms with Crippen LogP contribution in [-0.4, -0.2) is 47.8 Å². The summed E-state index contributed by atoms with van der Waals surface area (Å²) in [6, 6.07) is 23.6. The number of aliphatic carboxylic acids is 2. The molecule has 0 bridgehead atoms. The second kappa shape index (κ2) is 11.0. The van der Waals surface area contributed by atoms with Gasteiger partial charge in [0.05, 0.1) is 6.61 Å². The van der Waals surface area contributed by atoms with Crippen molar-refractivity contribution in [3.8, 4) is 5.75 Å². The van der Waals surface area contributed by atoms with E-state index < -0.39 is 11.9 Å². The summed E-state index contributed by atoms with van der Waals surface area (Å²) in [5, 5.41) is 17.2. The maximum absolute atomic E-state index is 9.10. The van der Waals surface area contributed by atoms with Crippen LogP contribution in [0.2, 0.25) is 0 Å². The minimum Gasteiger partial charge on any atom is -0.493 e. The summed E-state index contributed by atoms with van der Waals surface area (Å²) in [7, 11) is 4.27. The lowest BCUT2D eigenvalue weighted by Gasteiger charge is -2.26. The van der Waals surface area contributed by atoms with Crippen LogP contribution in [0.3, 0.4) is 0 Å². The number of fused-ring (bicyclic) bond motifs is 1. The van der Waals surface area contributed by atoms with Gasteiger partial charge in [-0.3, -0.25) is 0 Å². The molecular formula is C24H27NO5. The van der Waals surface area contributed by atoms with E-state index in [4.69, 9.17) is 24.5 Å². The molecule has 30 heavy (non-hydrogen) atoms. The first kappa shape index (κ1) is 22.9. The van der Waals surface area contributed by atoms with Crippen molar-refractivity contribution < 1.29 is 24.5 Å². The van der Waals surface area contributed by atoms with Gasteiger partial charge in [0.1, 0.15) is 5.75 Å². The highest BCUT2D eigenvalue weighted by atomic mass is 16.5. The molecule has 158 valence electrons. The quantitative estimate of drug-likeness (QED) is 0.588. The first-order valence-corrected chi connectivity index (χ1v) is 9.60. The molecule has 0 amide bonds. The van der Waals surface area contributed by atoms with E-state index in [1.54, 1.807) is 0 Å². The monoisotopic (exact) mass is 409 g/mol. The third kappa shape index (κ3) is 6.32. The third-order valence-electron chi connectivity index (χ3n) is 4.75. The van der Waals surface area contributed by atoms with Gasteiger partial charge >= 0.3 is 11.9 Å². The van der Waals surface area contributed by atoms with Crippen molar-refractivity contribution in [3.63, 3.8) is 0 Å². The van der Waals surface area contributed by atoms with Gasteiger partial charge in [-0.1, -0.05) is 60.7 Å². The number of ether oxygens (including phenoxy) is 1. The SMILES string of the molecule is Cc1ccccc1C(CCOc1cccc2ccccc12)N(C)C.O=C(O)C(=O)O. The van der Waals surface area contributed by atoms with Crippen LogP contribution in [-0.2, 0) is 9.59 Å². The van der Waals surface area contributed by atoms with Crippen molar-refractivity contribution in [2.45, 2.75) is 19.4 Å². The van der Waals surface area contributed by atoms with E-state index in [2.05, 4.69) is 92.6 Å². The van der Waals surface area contributed by atoms with Gasteiger partial charge in [0, 0.05) is 17.8 Å². The largest absolute Gasteiger partial charge is 0.493 e. The fourth-order valence-electron chi connectivity index (χ4n) is 3.25. The Balaban J connectivity index is 0.000000469. The summed E-state index contributed by atoms with van der Waals surface area (Å²) in [6.07, 6.45) is 0.959. The van der Waals surface area contributed by atoms with Gasteiger partial charge in [-0.2, -0.15) is 0 Å². The average molecular weight is 409 g/mol. The molecule has 6 heteroatoms. The van der Waals surface area contributed by atoms with Crippen LogP contribution in [0.4, 0.5) is 0 Å². The summed E-state index contributed by atoms with van der Waals surface area (Å²) >= 11 is 0. The Kier molecular flexibility index (Phi) is 8.38. The molecule has 0 radical (unpaired) electrons. The maximum Gasteiger partial charge on any atom is 0.414 e. The molecule has 1 atom stereocenters. The lowest BCUT2D eigenvalue weighted by atomic mass is 9.98. The van der Waals surface area contributed by atoms with E-state index in [9.17, 15) is 0 Å². The van der Waals surface area contributed by atoms with Gasteiger partial charge < -0.3 is 19.8 Å². The molecule has 2 N–H and O–H groups in total. The fourth-order valence-corrected chi connectivity index (χ4v) is 3.25. The molecule has 3 aromatic carbocycles. The number of benzene rings is 3. The first-order valence-electron chi connectivity index (χ1n) is 9.60. The molecule has 0 fully saturated rings. The second-order valence-corrected chi connectivity index (χ2v) is 7.06. The van der Waals surface area contributed by atoms with E-state index in [-0.39, 0.29) is 0 Å². The Labute approximate surface area is 176 Å². The Morgan fingerprint density at radius 1 is 0.900 bits per heavy atom. The second-order valence-electron chi connectivity index (χ2n) is 7.06. The smallest absolute Gasteiger partial charge is 0.414 e. The Morgan fingerprint density at radius 2 is 1.50 bits per heavy atom. The summed E-state index contributed by atoms with van der Waals surface area (Å²) in [5.41, 5.74) is 2.71. The number of hydrogen-bond donors (Lipinski definition) is 2. The molecule has 0 aliphatic rings. The number of rotatable bonds is 6. The summed E-state index contributed by atoms with van der Waals surface area (Å²) in [5.74, 6) is -2.68. The van der Waals surface area contributed by atoms with E-state index in [0.29, 0.717) is 12.6 Å². The summed E-state index contributed by atoms with van der Waals surface area (Å²) in [4.78, 5) is 20.5. The van der Waals surface area contributed by atoms with E-state index in [1.807, 2.05) is 0 Å². The summed E-state index contributed by atoms with van der Waals surface area (Å²) in [6.45, 7) is 2.88. The Bertz CT molecular complexity index is 982. The van der Waals surface area contributed by atoms with Crippen LogP contribution in [0.5, 0.6) is 5.75 Å². The number of aryl methyl sites for hydroxylation is 1. The van der Waals surface area contributed by atoms with Gasteiger partial charge in [-0.05, 0) is 43.6 Å². The van der Waals surface area contributed by atoms with Gasteiger partial charge in [0.25, 0.3) is 0 Å². The van der Waals surface area contributed by atoms with Crippen LogP contribution in [0, 0.1) is 6.92 Å². The zero-order valence-electron chi connectivity index (χ0n) is 17.4. The normalized spacial score (nSPS) is 11.5. The van der Waals surface area contributed by atoms with Crippen LogP contribution >= 0.6 is 0 Å². The highest BCUT2D eigenvalue weighted by molar-refractivity contribution is 6.27. The number of carbonyl (C=O) groups is 2. The van der Waals surface area contributed by atoms with E-state index in [1.165, 1.54) is 21.9 Å². The van der Waals surface area contributed by atoms with E-state index in [0.717, 1.165) is 12.2 Å². The predicted octanol–water partition coefficient (Wildman–Crippen LogP) is 4.38.